The third-order valence-corrected chi connectivity index (χ3v) is 4.34. The minimum atomic E-state index is -0.325. The molecule has 0 spiro atoms. The van der Waals surface area contributed by atoms with Crippen molar-refractivity contribution in [3.63, 3.8) is 0 Å². The van der Waals surface area contributed by atoms with Crippen LogP contribution in [0.4, 0.5) is 10.1 Å². The monoisotopic (exact) mass is 327 g/mol. The number of aromatic nitrogens is 1. The van der Waals surface area contributed by atoms with Crippen molar-refractivity contribution in [3.05, 3.63) is 53.6 Å². The lowest BCUT2D eigenvalue weighted by atomic mass is 10.00. The normalized spacial score (nSPS) is 16.0. The SMILES string of the molecule is C/C(=C1/C(=O)N(CCCN(C)C)c2ccc(F)cc21)c1ccc[nH]1. The van der Waals surface area contributed by atoms with Gasteiger partial charge in [-0.2, -0.15) is 0 Å². The van der Waals surface area contributed by atoms with Crippen molar-refractivity contribution in [2.75, 3.05) is 32.1 Å². The molecule has 0 atom stereocenters. The van der Waals surface area contributed by atoms with Crippen molar-refractivity contribution >= 4 is 22.7 Å². The predicted octanol–water partition coefficient (Wildman–Crippen LogP) is 3.38. The quantitative estimate of drug-likeness (QED) is 0.855. The zero-order valence-corrected chi connectivity index (χ0v) is 14.3. The van der Waals surface area contributed by atoms with Crippen LogP contribution in [0.15, 0.2) is 36.5 Å². The van der Waals surface area contributed by atoms with Gasteiger partial charge in [0.05, 0.1) is 11.3 Å². The highest BCUT2D eigenvalue weighted by Crippen LogP contribution is 2.40. The molecule has 1 N–H and O–H groups in total. The summed E-state index contributed by atoms with van der Waals surface area (Å²) in [5.41, 5.74) is 3.77. The van der Waals surface area contributed by atoms with E-state index in [0.717, 1.165) is 29.9 Å². The molecule has 0 radical (unpaired) electrons. The molecule has 0 aliphatic carbocycles. The Balaban J connectivity index is 2.02. The zero-order chi connectivity index (χ0) is 17.3. The van der Waals surface area contributed by atoms with Crippen molar-refractivity contribution in [2.24, 2.45) is 0 Å². The second-order valence-corrected chi connectivity index (χ2v) is 6.36. The van der Waals surface area contributed by atoms with Crippen LogP contribution in [0.25, 0.3) is 11.1 Å². The van der Waals surface area contributed by atoms with Crippen LogP contribution >= 0.6 is 0 Å². The summed E-state index contributed by atoms with van der Waals surface area (Å²) in [6.07, 6.45) is 2.69. The molecular formula is C19H22FN3O. The largest absolute Gasteiger partial charge is 0.361 e. The maximum absolute atomic E-state index is 13.8. The molecule has 0 saturated carbocycles. The van der Waals surface area contributed by atoms with E-state index in [2.05, 4.69) is 9.88 Å². The Bertz CT molecular complexity index is 778. The van der Waals surface area contributed by atoms with Crippen molar-refractivity contribution in [1.29, 1.82) is 0 Å². The number of carbonyl (C=O) groups excluding carboxylic acids is 1. The highest BCUT2D eigenvalue weighted by Gasteiger charge is 2.34. The first-order valence-corrected chi connectivity index (χ1v) is 8.10. The Morgan fingerprint density at radius 3 is 2.75 bits per heavy atom. The summed E-state index contributed by atoms with van der Waals surface area (Å²) in [5, 5.41) is 0. The number of allylic oxidation sites excluding steroid dienone is 1. The molecule has 2 aromatic rings. The fourth-order valence-electron chi connectivity index (χ4n) is 3.13. The first-order valence-electron chi connectivity index (χ1n) is 8.10. The number of fused-ring (bicyclic) bond motifs is 1. The number of hydrogen-bond donors (Lipinski definition) is 1. The molecule has 4 nitrogen and oxygen atoms in total. The van der Waals surface area contributed by atoms with Gasteiger partial charge in [-0.05, 0) is 69.9 Å². The number of nitrogens with zero attached hydrogens (tertiary/aromatic N) is 2. The number of hydrogen-bond acceptors (Lipinski definition) is 2. The van der Waals surface area contributed by atoms with Crippen LogP contribution in [0.5, 0.6) is 0 Å². The van der Waals surface area contributed by atoms with Gasteiger partial charge in [0.15, 0.2) is 0 Å². The minimum absolute atomic E-state index is 0.0542. The van der Waals surface area contributed by atoms with Crippen LogP contribution in [0.3, 0.4) is 0 Å². The molecule has 1 amide bonds. The summed E-state index contributed by atoms with van der Waals surface area (Å²) in [7, 11) is 4.02. The first kappa shape index (κ1) is 16.5. The van der Waals surface area contributed by atoms with E-state index >= 15 is 0 Å². The molecule has 2 heterocycles. The molecule has 1 aromatic carbocycles. The van der Waals surface area contributed by atoms with Gasteiger partial charge in [0.1, 0.15) is 5.82 Å². The first-order chi connectivity index (χ1) is 11.5. The number of aromatic amines is 1. The standard InChI is InChI=1S/C19H22FN3O/c1-13(16-6-4-9-21-16)18-15-12-14(20)7-8-17(15)23(19(18)24)11-5-10-22(2)3/h4,6-9,12,21H,5,10-11H2,1-3H3/b18-13-. The van der Waals surface area contributed by atoms with Crippen molar-refractivity contribution in [1.82, 2.24) is 9.88 Å². The van der Waals surface area contributed by atoms with E-state index in [4.69, 9.17) is 0 Å². The Morgan fingerprint density at radius 1 is 1.29 bits per heavy atom. The van der Waals surface area contributed by atoms with Crippen molar-refractivity contribution < 1.29 is 9.18 Å². The van der Waals surface area contributed by atoms with Crippen LogP contribution in [0.1, 0.15) is 24.6 Å². The number of rotatable bonds is 5. The topological polar surface area (TPSA) is 39.3 Å². The molecule has 1 aliphatic heterocycles. The van der Waals surface area contributed by atoms with E-state index in [-0.39, 0.29) is 11.7 Å². The van der Waals surface area contributed by atoms with Gasteiger partial charge in [0.2, 0.25) is 0 Å². The van der Waals surface area contributed by atoms with Crippen LogP contribution in [0, 0.1) is 5.82 Å². The van der Waals surface area contributed by atoms with Gasteiger partial charge in [-0.25, -0.2) is 4.39 Å². The van der Waals surface area contributed by atoms with E-state index < -0.39 is 0 Å². The molecular weight excluding hydrogens is 305 g/mol. The Morgan fingerprint density at radius 2 is 2.08 bits per heavy atom. The van der Waals surface area contributed by atoms with Crippen molar-refractivity contribution in [3.8, 4) is 0 Å². The molecule has 1 aliphatic rings. The summed E-state index contributed by atoms with van der Waals surface area (Å²) in [4.78, 5) is 20.0. The molecule has 0 bridgehead atoms. The average molecular weight is 327 g/mol. The Hall–Kier alpha value is -2.40. The van der Waals surface area contributed by atoms with Crippen LogP contribution in [0.2, 0.25) is 0 Å². The van der Waals surface area contributed by atoms with Gasteiger partial charge < -0.3 is 14.8 Å². The summed E-state index contributed by atoms with van der Waals surface area (Å²) in [6.45, 7) is 3.42. The number of nitrogens with one attached hydrogen (secondary N) is 1. The summed E-state index contributed by atoms with van der Waals surface area (Å²) in [5.74, 6) is -0.380. The summed E-state index contributed by atoms with van der Waals surface area (Å²) in [6, 6.07) is 8.38. The molecule has 1 aromatic heterocycles. The van der Waals surface area contributed by atoms with Gasteiger partial charge in [0.25, 0.3) is 5.91 Å². The van der Waals surface area contributed by atoms with Gasteiger partial charge in [-0.15, -0.1) is 0 Å². The highest BCUT2D eigenvalue weighted by molar-refractivity contribution is 6.37. The number of amides is 1. The number of H-pyrrole nitrogens is 1. The summed E-state index contributed by atoms with van der Waals surface area (Å²) < 4.78 is 13.8. The zero-order valence-electron chi connectivity index (χ0n) is 14.3. The second-order valence-electron chi connectivity index (χ2n) is 6.36. The number of carbonyl (C=O) groups is 1. The molecule has 126 valence electrons. The Kier molecular flexibility index (Phi) is 4.53. The van der Waals surface area contributed by atoms with Gasteiger partial charge in [-0.1, -0.05) is 0 Å². The van der Waals surface area contributed by atoms with E-state index in [1.165, 1.54) is 12.1 Å². The van der Waals surface area contributed by atoms with Crippen molar-refractivity contribution in [2.45, 2.75) is 13.3 Å². The molecule has 5 heteroatoms. The van der Waals surface area contributed by atoms with E-state index in [1.807, 2.05) is 39.3 Å². The van der Waals surface area contributed by atoms with E-state index in [9.17, 15) is 9.18 Å². The van der Waals surface area contributed by atoms with E-state index in [1.54, 1.807) is 11.0 Å². The third-order valence-electron chi connectivity index (χ3n) is 4.34. The number of benzene rings is 1. The fourth-order valence-corrected chi connectivity index (χ4v) is 3.13. The predicted molar refractivity (Wildman–Crippen MR) is 95.2 cm³/mol. The molecule has 0 unspecified atom stereocenters. The highest BCUT2D eigenvalue weighted by atomic mass is 19.1. The third kappa shape index (κ3) is 2.99. The number of anilines is 1. The lowest BCUT2D eigenvalue weighted by Crippen LogP contribution is -2.29. The smallest absolute Gasteiger partial charge is 0.259 e. The lowest BCUT2D eigenvalue weighted by molar-refractivity contribution is -0.113. The van der Waals surface area contributed by atoms with Gasteiger partial charge >= 0.3 is 0 Å². The maximum atomic E-state index is 13.8. The molecule has 0 fully saturated rings. The van der Waals surface area contributed by atoms with Gasteiger partial charge in [0, 0.05) is 24.0 Å². The van der Waals surface area contributed by atoms with Crippen LogP contribution < -0.4 is 4.90 Å². The molecule has 24 heavy (non-hydrogen) atoms. The molecule has 0 saturated heterocycles. The second kappa shape index (κ2) is 6.61. The summed E-state index contributed by atoms with van der Waals surface area (Å²) >= 11 is 0. The molecule has 3 rings (SSSR count). The van der Waals surface area contributed by atoms with Crippen LogP contribution in [-0.2, 0) is 4.79 Å². The maximum Gasteiger partial charge on any atom is 0.259 e. The van der Waals surface area contributed by atoms with Crippen LogP contribution in [-0.4, -0.2) is 43.0 Å². The minimum Gasteiger partial charge on any atom is -0.361 e. The van der Waals surface area contributed by atoms with E-state index in [0.29, 0.717) is 17.7 Å². The average Bonchev–Trinajstić information content (AvgIpc) is 3.14. The Labute approximate surface area is 141 Å². The lowest BCUT2D eigenvalue weighted by Gasteiger charge is -2.18. The fraction of sp³-hybridized carbons (Fsp3) is 0.316. The van der Waals surface area contributed by atoms with Gasteiger partial charge in [-0.3, -0.25) is 4.79 Å². The number of halogens is 1.